The summed E-state index contributed by atoms with van der Waals surface area (Å²) in [7, 11) is 0. The van der Waals surface area contributed by atoms with Crippen LogP contribution in [0.5, 0.6) is 0 Å². The van der Waals surface area contributed by atoms with Crippen molar-refractivity contribution in [2.75, 3.05) is 6.54 Å². The van der Waals surface area contributed by atoms with Crippen LogP contribution in [-0.2, 0) is 0 Å². The van der Waals surface area contributed by atoms with Gasteiger partial charge >= 0.3 is 0 Å². The standard InChI is InChI=1S/C18H35N/c1-3-5-6-7-8-16-13-15(4-2)9-10-17(16)14-19-18-11-12-18/h15-19H,3-14H2,1-2H3. The first-order valence-electron chi connectivity index (χ1n) is 9.06. The summed E-state index contributed by atoms with van der Waals surface area (Å²) in [5, 5.41) is 3.79. The molecule has 2 saturated carbocycles. The van der Waals surface area contributed by atoms with Crippen LogP contribution in [0.25, 0.3) is 0 Å². The van der Waals surface area contributed by atoms with Crippen molar-refractivity contribution in [3.63, 3.8) is 0 Å². The predicted molar refractivity (Wildman–Crippen MR) is 84.4 cm³/mol. The van der Waals surface area contributed by atoms with E-state index in [0.717, 1.165) is 23.8 Å². The van der Waals surface area contributed by atoms with E-state index in [1.807, 2.05) is 0 Å². The largest absolute Gasteiger partial charge is 0.314 e. The van der Waals surface area contributed by atoms with E-state index in [1.54, 1.807) is 0 Å². The van der Waals surface area contributed by atoms with Crippen molar-refractivity contribution in [3.8, 4) is 0 Å². The Bertz CT molecular complexity index is 234. The number of hydrogen-bond donors (Lipinski definition) is 1. The molecule has 2 fully saturated rings. The Balaban J connectivity index is 1.72. The Labute approximate surface area is 120 Å². The van der Waals surface area contributed by atoms with Crippen LogP contribution in [0.3, 0.4) is 0 Å². The minimum atomic E-state index is 0.893. The molecule has 1 heteroatoms. The predicted octanol–water partition coefficient (Wildman–Crippen LogP) is 5.15. The molecule has 3 unspecified atom stereocenters. The van der Waals surface area contributed by atoms with E-state index in [-0.39, 0.29) is 0 Å². The highest BCUT2D eigenvalue weighted by Gasteiger charge is 2.30. The summed E-state index contributed by atoms with van der Waals surface area (Å²) in [5.74, 6) is 3.06. The summed E-state index contributed by atoms with van der Waals surface area (Å²) in [6.45, 7) is 6.03. The summed E-state index contributed by atoms with van der Waals surface area (Å²) >= 11 is 0. The molecule has 0 heterocycles. The lowest BCUT2D eigenvalue weighted by molar-refractivity contribution is 0.159. The van der Waals surface area contributed by atoms with Gasteiger partial charge in [-0.2, -0.15) is 0 Å². The van der Waals surface area contributed by atoms with Gasteiger partial charge < -0.3 is 5.32 Å². The van der Waals surface area contributed by atoms with Crippen molar-refractivity contribution < 1.29 is 0 Å². The molecule has 2 rings (SSSR count). The van der Waals surface area contributed by atoms with Crippen LogP contribution < -0.4 is 5.32 Å². The van der Waals surface area contributed by atoms with Gasteiger partial charge in [0.05, 0.1) is 0 Å². The van der Waals surface area contributed by atoms with Crippen LogP contribution in [0.1, 0.15) is 84.5 Å². The third kappa shape index (κ3) is 5.45. The van der Waals surface area contributed by atoms with E-state index in [2.05, 4.69) is 19.2 Å². The highest BCUT2D eigenvalue weighted by atomic mass is 14.9. The molecule has 0 bridgehead atoms. The fourth-order valence-electron chi connectivity index (χ4n) is 3.86. The van der Waals surface area contributed by atoms with Gasteiger partial charge in [-0.3, -0.25) is 0 Å². The molecule has 0 spiro atoms. The zero-order valence-corrected chi connectivity index (χ0v) is 13.3. The van der Waals surface area contributed by atoms with Crippen molar-refractivity contribution in [1.82, 2.24) is 5.32 Å². The second-order valence-corrected chi connectivity index (χ2v) is 7.14. The Morgan fingerprint density at radius 1 is 0.895 bits per heavy atom. The normalized spacial score (nSPS) is 31.6. The molecule has 1 nitrogen and oxygen atoms in total. The number of unbranched alkanes of at least 4 members (excludes halogenated alkanes) is 3. The molecular weight excluding hydrogens is 230 g/mol. The van der Waals surface area contributed by atoms with Crippen LogP contribution in [0.4, 0.5) is 0 Å². The molecule has 0 saturated heterocycles. The van der Waals surface area contributed by atoms with Crippen molar-refractivity contribution in [1.29, 1.82) is 0 Å². The van der Waals surface area contributed by atoms with E-state index < -0.39 is 0 Å². The summed E-state index contributed by atoms with van der Waals surface area (Å²) in [6.07, 6.45) is 16.1. The highest BCUT2D eigenvalue weighted by Crippen LogP contribution is 2.38. The smallest absolute Gasteiger partial charge is 0.00683 e. The van der Waals surface area contributed by atoms with Crippen LogP contribution in [-0.4, -0.2) is 12.6 Å². The van der Waals surface area contributed by atoms with Crippen LogP contribution >= 0.6 is 0 Å². The molecule has 1 N–H and O–H groups in total. The number of nitrogens with one attached hydrogen (secondary N) is 1. The van der Waals surface area contributed by atoms with Crippen LogP contribution in [0.2, 0.25) is 0 Å². The Morgan fingerprint density at radius 2 is 1.74 bits per heavy atom. The van der Waals surface area contributed by atoms with Crippen LogP contribution in [0, 0.1) is 17.8 Å². The van der Waals surface area contributed by atoms with Gasteiger partial charge in [-0.05, 0) is 50.0 Å². The van der Waals surface area contributed by atoms with Gasteiger partial charge in [0.25, 0.3) is 0 Å². The fraction of sp³-hybridized carbons (Fsp3) is 1.00. The SMILES string of the molecule is CCCCCCC1CC(CC)CCC1CNC1CC1. The van der Waals surface area contributed by atoms with Gasteiger partial charge in [0.1, 0.15) is 0 Å². The molecule has 19 heavy (non-hydrogen) atoms. The molecule has 0 aliphatic heterocycles. The molecule has 112 valence electrons. The minimum Gasteiger partial charge on any atom is -0.314 e. The van der Waals surface area contributed by atoms with Gasteiger partial charge in [0.15, 0.2) is 0 Å². The lowest BCUT2D eigenvalue weighted by Gasteiger charge is -2.36. The number of hydrogen-bond acceptors (Lipinski definition) is 1. The van der Waals surface area contributed by atoms with E-state index in [1.165, 1.54) is 77.2 Å². The average Bonchev–Trinajstić information content (AvgIpc) is 3.26. The Morgan fingerprint density at radius 3 is 2.42 bits per heavy atom. The Hall–Kier alpha value is -0.0400. The lowest BCUT2D eigenvalue weighted by Crippen LogP contribution is -2.34. The third-order valence-corrected chi connectivity index (χ3v) is 5.50. The maximum atomic E-state index is 3.79. The summed E-state index contributed by atoms with van der Waals surface area (Å²) in [4.78, 5) is 0. The van der Waals surface area contributed by atoms with Gasteiger partial charge in [0, 0.05) is 6.04 Å². The third-order valence-electron chi connectivity index (χ3n) is 5.50. The molecule has 0 amide bonds. The zero-order chi connectivity index (χ0) is 13.5. The average molecular weight is 265 g/mol. The van der Waals surface area contributed by atoms with Crippen molar-refractivity contribution in [2.24, 2.45) is 17.8 Å². The molecule has 0 radical (unpaired) electrons. The van der Waals surface area contributed by atoms with E-state index in [4.69, 9.17) is 0 Å². The summed E-state index contributed by atoms with van der Waals surface area (Å²) in [5.41, 5.74) is 0. The van der Waals surface area contributed by atoms with Gasteiger partial charge in [-0.25, -0.2) is 0 Å². The second-order valence-electron chi connectivity index (χ2n) is 7.14. The Kier molecular flexibility index (Phi) is 6.70. The molecular formula is C18H35N. The molecule has 0 aromatic heterocycles. The maximum absolute atomic E-state index is 3.79. The highest BCUT2D eigenvalue weighted by molar-refractivity contribution is 4.86. The van der Waals surface area contributed by atoms with Gasteiger partial charge in [0.2, 0.25) is 0 Å². The van der Waals surface area contributed by atoms with Crippen LogP contribution in [0.15, 0.2) is 0 Å². The first-order valence-corrected chi connectivity index (χ1v) is 9.06. The van der Waals surface area contributed by atoms with Gasteiger partial charge in [-0.1, -0.05) is 58.8 Å². The maximum Gasteiger partial charge on any atom is 0.00683 e. The first kappa shape index (κ1) is 15.4. The molecule has 0 aromatic rings. The van der Waals surface area contributed by atoms with Crippen molar-refractivity contribution >= 4 is 0 Å². The molecule has 2 aliphatic carbocycles. The monoisotopic (exact) mass is 265 g/mol. The summed E-state index contributed by atoms with van der Waals surface area (Å²) in [6, 6.07) is 0.893. The zero-order valence-electron chi connectivity index (χ0n) is 13.3. The first-order chi connectivity index (χ1) is 9.33. The lowest BCUT2D eigenvalue weighted by atomic mass is 9.71. The minimum absolute atomic E-state index is 0.893. The van der Waals surface area contributed by atoms with E-state index in [9.17, 15) is 0 Å². The van der Waals surface area contributed by atoms with E-state index in [0.29, 0.717) is 0 Å². The van der Waals surface area contributed by atoms with E-state index >= 15 is 0 Å². The van der Waals surface area contributed by atoms with Crippen molar-refractivity contribution in [3.05, 3.63) is 0 Å². The molecule has 0 aromatic carbocycles. The van der Waals surface area contributed by atoms with Gasteiger partial charge in [-0.15, -0.1) is 0 Å². The van der Waals surface area contributed by atoms with Crippen molar-refractivity contribution in [2.45, 2.75) is 90.5 Å². The fourth-order valence-corrected chi connectivity index (χ4v) is 3.86. The molecule has 3 atom stereocenters. The number of rotatable bonds is 9. The quantitative estimate of drug-likeness (QED) is 0.568. The second kappa shape index (κ2) is 8.29. The molecule has 2 aliphatic rings. The topological polar surface area (TPSA) is 12.0 Å². The summed E-state index contributed by atoms with van der Waals surface area (Å²) < 4.78 is 0.